The Labute approximate surface area is 133 Å². The highest BCUT2D eigenvalue weighted by Gasteiger charge is 2.27. The molecule has 1 saturated heterocycles. The molecule has 114 valence electrons. The minimum absolute atomic E-state index is 0.117. The van der Waals surface area contributed by atoms with Gasteiger partial charge in [0.15, 0.2) is 0 Å². The van der Waals surface area contributed by atoms with Crippen LogP contribution in [0.3, 0.4) is 0 Å². The molecule has 1 aromatic rings. The van der Waals surface area contributed by atoms with Gasteiger partial charge < -0.3 is 10.1 Å². The minimum atomic E-state index is -0.290. The molecule has 0 aliphatic carbocycles. The molecule has 1 aromatic carbocycles. The van der Waals surface area contributed by atoms with Crippen LogP contribution in [0, 0.1) is 0 Å². The Kier molecular flexibility index (Phi) is 5.76. The third-order valence-electron chi connectivity index (χ3n) is 3.11. The third kappa shape index (κ3) is 4.28. The van der Waals surface area contributed by atoms with Gasteiger partial charge in [-0.2, -0.15) is 11.8 Å². The third-order valence-corrected chi connectivity index (χ3v) is 4.44. The Bertz CT molecular complexity index is 523. The second-order valence-electron chi connectivity index (χ2n) is 4.57. The van der Waals surface area contributed by atoms with Crippen LogP contribution < -0.4 is 10.1 Å². The van der Waals surface area contributed by atoms with Crippen LogP contribution in [0.4, 0.5) is 4.79 Å². The molecule has 1 aliphatic heterocycles. The van der Waals surface area contributed by atoms with E-state index in [9.17, 15) is 9.59 Å². The lowest BCUT2D eigenvalue weighted by Crippen LogP contribution is -2.32. The summed E-state index contributed by atoms with van der Waals surface area (Å²) in [5.41, 5.74) is 1.05. The number of carbonyl (C=O) groups excluding carboxylic acids is 2. The maximum atomic E-state index is 11.4. The second kappa shape index (κ2) is 7.56. The van der Waals surface area contributed by atoms with Crippen molar-refractivity contribution < 1.29 is 14.3 Å². The molecule has 0 atom stereocenters. The molecule has 1 N–H and O–H groups in total. The van der Waals surface area contributed by atoms with Crippen molar-refractivity contribution >= 4 is 35.3 Å². The Balaban J connectivity index is 1.74. The summed E-state index contributed by atoms with van der Waals surface area (Å²) in [4.78, 5) is 24.0. The maximum absolute atomic E-state index is 11.4. The van der Waals surface area contributed by atoms with Crippen LogP contribution in [-0.2, 0) is 10.5 Å². The standard InChI is InChI=1S/C14H17ClN2O3S/c1-20-12-4-3-11(15)7-10(12)9-21-6-2-5-17-13(18)8-16-14(17)19/h3-4,7H,2,5-6,8-9H2,1H3,(H,16,19). The zero-order chi connectivity index (χ0) is 15.2. The van der Waals surface area contributed by atoms with Gasteiger partial charge in [0, 0.05) is 22.9 Å². The van der Waals surface area contributed by atoms with E-state index in [-0.39, 0.29) is 18.5 Å². The summed E-state index contributed by atoms with van der Waals surface area (Å²) < 4.78 is 5.29. The first-order valence-corrected chi connectivity index (χ1v) is 8.13. The number of methoxy groups -OCH3 is 1. The normalized spacial score (nSPS) is 14.5. The van der Waals surface area contributed by atoms with Gasteiger partial charge in [-0.3, -0.25) is 9.69 Å². The summed E-state index contributed by atoms with van der Waals surface area (Å²) in [5.74, 6) is 2.30. The van der Waals surface area contributed by atoms with Crippen molar-refractivity contribution in [3.8, 4) is 5.75 Å². The van der Waals surface area contributed by atoms with Crippen molar-refractivity contribution in [1.82, 2.24) is 10.2 Å². The molecule has 0 aromatic heterocycles. The number of amides is 3. The molecule has 5 nitrogen and oxygen atoms in total. The van der Waals surface area contributed by atoms with Crippen molar-refractivity contribution in [2.75, 3.05) is 26.0 Å². The molecule has 1 fully saturated rings. The van der Waals surface area contributed by atoms with Gasteiger partial charge in [0.1, 0.15) is 5.75 Å². The van der Waals surface area contributed by atoms with Gasteiger partial charge in [0.25, 0.3) is 0 Å². The molecule has 0 bridgehead atoms. The average Bonchev–Trinajstić information content (AvgIpc) is 2.78. The molecule has 0 unspecified atom stereocenters. The van der Waals surface area contributed by atoms with Crippen LogP contribution >= 0.6 is 23.4 Å². The smallest absolute Gasteiger partial charge is 0.324 e. The van der Waals surface area contributed by atoms with Crippen molar-refractivity contribution in [1.29, 1.82) is 0 Å². The molecule has 0 spiro atoms. The Hall–Kier alpha value is -1.40. The van der Waals surface area contributed by atoms with Crippen LogP contribution in [0.15, 0.2) is 18.2 Å². The summed E-state index contributed by atoms with van der Waals surface area (Å²) in [5, 5.41) is 3.19. The molecule has 2 rings (SSSR count). The SMILES string of the molecule is COc1ccc(Cl)cc1CSCCCN1C(=O)CNC1=O. The monoisotopic (exact) mass is 328 g/mol. The highest BCUT2D eigenvalue weighted by atomic mass is 35.5. The van der Waals surface area contributed by atoms with Crippen molar-refractivity contribution in [3.63, 3.8) is 0 Å². The number of ether oxygens (including phenoxy) is 1. The lowest BCUT2D eigenvalue weighted by molar-refractivity contribution is -0.124. The van der Waals surface area contributed by atoms with E-state index in [0.29, 0.717) is 11.6 Å². The summed E-state index contributed by atoms with van der Waals surface area (Å²) in [7, 11) is 1.63. The number of nitrogens with one attached hydrogen (secondary N) is 1. The number of hydrogen-bond acceptors (Lipinski definition) is 4. The number of benzene rings is 1. The topological polar surface area (TPSA) is 58.6 Å². The molecule has 0 radical (unpaired) electrons. The number of carbonyl (C=O) groups is 2. The highest BCUT2D eigenvalue weighted by Crippen LogP contribution is 2.26. The van der Waals surface area contributed by atoms with Crippen molar-refractivity contribution in [2.24, 2.45) is 0 Å². The predicted molar refractivity (Wildman–Crippen MR) is 83.9 cm³/mol. The molecule has 0 saturated carbocycles. The fraction of sp³-hybridized carbons (Fsp3) is 0.429. The van der Waals surface area contributed by atoms with E-state index in [0.717, 1.165) is 29.2 Å². The van der Waals surface area contributed by atoms with E-state index < -0.39 is 0 Å². The van der Waals surface area contributed by atoms with E-state index in [1.165, 1.54) is 4.90 Å². The van der Waals surface area contributed by atoms with Gasteiger partial charge in [0.05, 0.1) is 13.7 Å². The van der Waals surface area contributed by atoms with Crippen molar-refractivity contribution in [3.05, 3.63) is 28.8 Å². The fourth-order valence-corrected chi connectivity index (χ4v) is 3.17. The first-order valence-electron chi connectivity index (χ1n) is 6.60. The summed E-state index contributed by atoms with van der Waals surface area (Å²) >= 11 is 7.70. The van der Waals surface area contributed by atoms with Crippen LogP contribution in [-0.4, -0.2) is 42.8 Å². The van der Waals surface area contributed by atoms with Crippen LogP contribution in [0.2, 0.25) is 5.02 Å². The Morgan fingerprint density at radius 3 is 2.90 bits per heavy atom. The first-order chi connectivity index (χ1) is 10.1. The molecule has 7 heteroatoms. The molecule has 21 heavy (non-hydrogen) atoms. The van der Waals surface area contributed by atoms with Crippen LogP contribution in [0.5, 0.6) is 5.75 Å². The summed E-state index contributed by atoms with van der Waals surface area (Å²) in [6.07, 6.45) is 0.771. The zero-order valence-electron chi connectivity index (χ0n) is 11.7. The van der Waals surface area contributed by atoms with Crippen molar-refractivity contribution in [2.45, 2.75) is 12.2 Å². The summed E-state index contributed by atoms with van der Waals surface area (Å²) in [6.45, 7) is 0.579. The predicted octanol–water partition coefficient (Wildman–Crippen LogP) is 2.52. The Morgan fingerprint density at radius 1 is 1.43 bits per heavy atom. The van der Waals surface area contributed by atoms with Gasteiger partial charge in [-0.25, -0.2) is 4.79 Å². The lowest BCUT2D eigenvalue weighted by atomic mass is 10.2. The first kappa shape index (κ1) is 16.0. The number of halogens is 1. The summed E-state index contributed by atoms with van der Waals surface area (Å²) in [6, 6.07) is 5.25. The minimum Gasteiger partial charge on any atom is -0.496 e. The maximum Gasteiger partial charge on any atom is 0.324 e. The van der Waals surface area contributed by atoms with Crippen LogP contribution in [0.1, 0.15) is 12.0 Å². The van der Waals surface area contributed by atoms with Crippen LogP contribution in [0.25, 0.3) is 0 Å². The fourth-order valence-electron chi connectivity index (χ4n) is 2.05. The molecular formula is C14H17ClN2O3S. The van der Waals surface area contributed by atoms with E-state index in [2.05, 4.69) is 5.32 Å². The van der Waals surface area contributed by atoms with Gasteiger partial charge in [-0.1, -0.05) is 11.6 Å². The second-order valence-corrected chi connectivity index (χ2v) is 6.11. The molecular weight excluding hydrogens is 312 g/mol. The van der Waals surface area contributed by atoms with Gasteiger partial charge in [-0.15, -0.1) is 0 Å². The van der Waals surface area contributed by atoms with E-state index in [1.54, 1.807) is 24.9 Å². The quantitative estimate of drug-likeness (QED) is 0.617. The average molecular weight is 329 g/mol. The van der Waals surface area contributed by atoms with Gasteiger partial charge >= 0.3 is 6.03 Å². The number of hydrogen-bond donors (Lipinski definition) is 1. The van der Waals surface area contributed by atoms with Gasteiger partial charge in [-0.05, 0) is 30.4 Å². The number of imide groups is 1. The molecule has 1 heterocycles. The number of urea groups is 1. The van der Waals surface area contributed by atoms with Gasteiger partial charge in [0.2, 0.25) is 5.91 Å². The number of thioether (sulfide) groups is 1. The van der Waals surface area contributed by atoms with E-state index in [4.69, 9.17) is 16.3 Å². The largest absolute Gasteiger partial charge is 0.496 e. The molecule has 3 amide bonds. The number of rotatable bonds is 7. The van der Waals surface area contributed by atoms with E-state index in [1.807, 2.05) is 12.1 Å². The lowest BCUT2D eigenvalue weighted by Gasteiger charge is -2.12. The zero-order valence-corrected chi connectivity index (χ0v) is 13.3. The molecule has 1 aliphatic rings. The van der Waals surface area contributed by atoms with E-state index >= 15 is 0 Å². The Morgan fingerprint density at radius 2 is 2.24 bits per heavy atom. The number of nitrogens with zero attached hydrogens (tertiary/aromatic N) is 1. The highest BCUT2D eigenvalue weighted by molar-refractivity contribution is 7.98.